The molecule has 12 heteroatoms. The summed E-state index contributed by atoms with van der Waals surface area (Å²) in [7, 11) is 4.44. The molecule has 126 heavy (non-hydrogen) atoms. The van der Waals surface area contributed by atoms with E-state index in [1.807, 2.05) is 24.3 Å². The summed E-state index contributed by atoms with van der Waals surface area (Å²) < 4.78 is 20.0. The van der Waals surface area contributed by atoms with Gasteiger partial charge in [-0.25, -0.2) is 0 Å². The molecule has 0 heterocycles. The van der Waals surface area contributed by atoms with Gasteiger partial charge in [-0.3, -0.25) is 14.4 Å². The van der Waals surface area contributed by atoms with E-state index in [0.717, 1.165) is 141 Å². The molecular weight excluding hydrogens is 1550 g/mol. The van der Waals surface area contributed by atoms with Gasteiger partial charge in [-0.1, -0.05) is 267 Å². The molecule has 0 saturated carbocycles. The third-order valence-electron chi connectivity index (χ3n) is 22.5. The molecule has 0 unspecified atom stereocenters. The van der Waals surface area contributed by atoms with Gasteiger partial charge in [0.25, 0.3) is 0 Å². The number of carbonyl (C=O) groups excluding carboxylic acids is 4. The summed E-state index contributed by atoms with van der Waals surface area (Å²) in [6, 6.07) is 145. The predicted octanol–water partition coefficient (Wildman–Crippen LogP) is 28.1. The first-order valence-electron chi connectivity index (χ1n) is 42.7. The van der Waals surface area contributed by atoms with Crippen LogP contribution in [0.25, 0.3) is 66.8 Å². The topological polar surface area (TPSA) is 118 Å². The van der Waals surface area contributed by atoms with E-state index in [-0.39, 0.29) is 30.3 Å². The van der Waals surface area contributed by atoms with Crippen molar-refractivity contribution >= 4 is 91.9 Å². The zero-order valence-electron chi connectivity index (χ0n) is 71.4. The highest BCUT2D eigenvalue weighted by molar-refractivity contribution is 5.87. The Kier molecular flexibility index (Phi) is 28.9. The van der Waals surface area contributed by atoms with Crippen molar-refractivity contribution in [2.24, 2.45) is 0 Å². The van der Waals surface area contributed by atoms with Crippen LogP contribution >= 0.6 is 0 Å². The molecule has 0 saturated heterocycles. The summed E-state index contributed by atoms with van der Waals surface area (Å²) in [5.74, 6) is -0.456. The van der Waals surface area contributed by atoms with E-state index >= 15 is 0 Å². The van der Waals surface area contributed by atoms with Crippen LogP contribution in [0.5, 0.6) is 0 Å². The molecule has 0 aliphatic heterocycles. The Balaban J connectivity index is 0.000000195. The van der Waals surface area contributed by atoms with Gasteiger partial charge in [0.1, 0.15) is 12.4 Å². The van der Waals surface area contributed by atoms with Gasteiger partial charge in [-0.2, -0.15) is 0 Å². The number of ketones is 1. The maximum atomic E-state index is 12.3. The van der Waals surface area contributed by atoms with Crippen LogP contribution in [-0.2, 0) is 63.8 Å². The van der Waals surface area contributed by atoms with Gasteiger partial charge in [0, 0.05) is 101 Å². The Morgan fingerprint density at radius 2 is 0.365 bits per heavy atom. The average Bonchev–Trinajstić information content (AvgIpc) is 0.860. The maximum Gasteiger partial charge on any atom is 0.306 e. The fourth-order valence-corrected chi connectivity index (χ4v) is 15.6. The van der Waals surface area contributed by atoms with Crippen molar-refractivity contribution in [1.29, 1.82) is 0 Å². The molecule has 0 aromatic heterocycles. The van der Waals surface area contributed by atoms with Gasteiger partial charge in [0.15, 0.2) is 0 Å². The molecule has 0 aliphatic rings. The number of Topliss-reactive ketones (excluding diaryl/α,β-unsaturated/α-hetero) is 1. The predicted molar refractivity (Wildman–Crippen MR) is 515 cm³/mol. The first-order chi connectivity index (χ1) is 61.9. The fraction of sp³-hybridized carbons (Fsp3) is 0.123. The number of carbonyl (C=O) groups is 4. The molecule has 12 nitrogen and oxygen atoms in total. The highest BCUT2D eigenvalue weighted by atomic mass is 16.6. The van der Waals surface area contributed by atoms with Crippen molar-refractivity contribution in [3.8, 4) is 66.8 Å². The number of hydrogen-bond acceptors (Lipinski definition) is 12. The quantitative estimate of drug-likeness (QED) is 0.0221. The van der Waals surface area contributed by atoms with Crippen LogP contribution in [0.1, 0.15) is 54.9 Å². The second-order valence-corrected chi connectivity index (χ2v) is 30.9. The zero-order valence-corrected chi connectivity index (χ0v) is 71.4. The van der Waals surface area contributed by atoms with Crippen LogP contribution in [0.4, 0.5) is 68.2 Å². The van der Waals surface area contributed by atoms with E-state index in [9.17, 15) is 19.2 Å². The summed E-state index contributed by atoms with van der Waals surface area (Å²) in [5, 5.41) is 0. The van der Waals surface area contributed by atoms with E-state index in [1.54, 1.807) is 14.0 Å². The third kappa shape index (κ3) is 22.3. The Hall–Kier alpha value is -15.2. The van der Waals surface area contributed by atoms with Crippen LogP contribution in [0.15, 0.2) is 413 Å². The standard InChI is InChI=1S/C58H52N2O4.C56H48N2O4/c1-43(61)13-14-44-15-28-52(29-16-44)59(54-32-20-48(21-33-54)46-9-5-3-6-10-46)56-36-24-50(25-37-56)51-26-38-57(39-27-51)60(55-34-22-49(23-35-55)47-11-7-4-8-12-47)53-30-17-45(18-31-53)19-40-58(62)64-42-41-63-2;1-61-55(59)39-17-41-13-27-49(28-14-41)57(51-31-19-45(20-32-51)43-9-5-3-6-10-43)53-35-23-47(24-36-53)48-25-37-54(38-26-48)58(50-29-15-42(16-30-50)18-40-56(60)62-2)52-33-21-46(22-34-52)44-11-7-4-8-12-44/h3-12,15-18,20-39H,13-14,19,40-42H2,1-2H3;3-16,19-38H,17-18,39-40H2,1-2H3. The smallest absolute Gasteiger partial charge is 0.306 e. The van der Waals surface area contributed by atoms with E-state index in [0.29, 0.717) is 51.6 Å². The van der Waals surface area contributed by atoms with Crippen molar-refractivity contribution in [3.63, 3.8) is 0 Å². The lowest BCUT2D eigenvalue weighted by Crippen LogP contribution is -2.11. The number of methoxy groups -OCH3 is 3. The van der Waals surface area contributed by atoms with E-state index in [2.05, 4.69) is 408 Å². The molecule has 16 rings (SSSR count). The molecule has 0 bridgehead atoms. The molecule has 0 spiro atoms. The molecule has 624 valence electrons. The lowest BCUT2D eigenvalue weighted by atomic mass is 10.0. The van der Waals surface area contributed by atoms with Crippen molar-refractivity contribution in [1.82, 2.24) is 0 Å². The highest BCUT2D eigenvalue weighted by Crippen LogP contribution is 2.44. The van der Waals surface area contributed by atoms with Crippen LogP contribution in [-0.4, -0.2) is 58.2 Å². The van der Waals surface area contributed by atoms with E-state index < -0.39 is 0 Å². The Morgan fingerprint density at radius 1 is 0.198 bits per heavy atom. The molecule has 0 atom stereocenters. The normalized spacial score (nSPS) is 10.9. The summed E-state index contributed by atoms with van der Waals surface area (Å²) in [5.41, 5.74) is 30.5. The number of anilines is 12. The highest BCUT2D eigenvalue weighted by Gasteiger charge is 2.21. The fourth-order valence-electron chi connectivity index (χ4n) is 15.6. The second-order valence-electron chi connectivity index (χ2n) is 30.9. The van der Waals surface area contributed by atoms with Gasteiger partial charge in [0.2, 0.25) is 0 Å². The molecule has 16 aromatic rings. The second kappa shape index (κ2) is 42.5. The number of hydrogen-bond donors (Lipinski definition) is 0. The van der Waals surface area contributed by atoms with Crippen molar-refractivity contribution in [2.45, 2.75) is 58.3 Å². The molecule has 0 N–H and O–H groups in total. The van der Waals surface area contributed by atoms with Crippen LogP contribution in [0, 0.1) is 0 Å². The minimum absolute atomic E-state index is 0.197. The number of rotatable bonds is 33. The summed E-state index contributed by atoms with van der Waals surface area (Å²) in [4.78, 5) is 56.6. The van der Waals surface area contributed by atoms with Crippen LogP contribution in [0.3, 0.4) is 0 Å². The molecule has 0 radical (unpaired) electrons. The average molecular weight is 1650 g/mol. The minimum Gasteiger partial charge on any atom is -0.469 e. The lowest BCUT2D eigenvalue weighted by molar-refractivity contribution is -0.145. The molecule has 0 amide bonds. The summed E-state index contributed by atoms with van der Waals surface area (Å²) in [6.07, 6.45) is 4.10. The number of aryl methyl sites for hydroxylation is 4. The van der Waals surface area contributed by atoms with E-state index in [1.165, 1.54) is 36.5 Å². The lowest BCUT2D eigenvalue weighted by Gasteiger charge is -2.27. The first-order valence-corrected chi connectivity index (χ1v) is 42.7. The molecule has 0 fully saturated rings. The van der Waals surface area contributed by atoms with Crippen LogP contribution < -0.4 is 19.6 Å². The molecule has 16 aromatic carbocycles. The summed E-state index contributed by atoms with van der Waals surface area (Å²) >= 11 is 0. The maximum absolute atomic E-state index is 12.3. The summed E-state index contributed by atoms with van der Waals surface area (Å²) in [6.45, 7) is 2.30. The van der Waals surface area contributed by atoms with E-state index in [4.69, 9.17) is 18.9 Å². The van der Waals surface area contributed by atoms with Gasteiger partial charge >= 0.3 is 17.9 Å². The van der Waals surface area contributed by atoms with Crippen molar-refractivity contribution in [2.75, 3.05) is 54.1 Å². The van der Waals surface area contributed by atoms with Crippen molar-refractivity contribution < 1.29 is 38.1 Å². The SMILES string of the molecule is COC(=O)CCc1ccc(N(c2ccc(-c3ccccc3)cc2)c2ccc(-c3ccc(N(c4ccc(CCC(=O)OC)cc4)c4ccc(-c5ccccc5)cc4)cc3)cc2)cc1.COCCOC(=O)CCc1ccc(N(c2ccc(-c3ccccc3)cc2)c2ccc(-c3ccc(N(c4ccc(CCC(C)=O)cc4)c4ccc(-c5ccccc5)cc4)cc3)cc2)cc1. The third-order valence-corrected chi connectivity index (χ3v) is 22.5. The number of esters is 3. The van der Waals surface area contributed by atoms with Crippen molar-refractivity contribution in [3.05, 3.63) is 435 Å². The van der Waals surface area contributed by atoms with Gasteiger partial charge in [-0.15, -0.1) is 0 Å². The minimum atomic E-state index is -0.227. The molecular formula is C114H100N4O8. The zero-order chi connectivity index (χ0) is 86.8. The monoisotopic (exact) mass is 1650 g/mol. The number of benzene rings is 16. The largest absolute Gasteiger partial charge is 0.469 e. The first kappa shape index (κ1) is 85.7. The van der Waals surface area contributed by atoms with Gasteiger partial charge in [0.05, 0.1) is 20.8 Å². The number of ether oxygens (including phenoxy) is 4. The Morgan fingerprint density at radius 3 is 0.540 bits per heavy atom. The van der Waals surface area contributed by atoms with Crippen LogP contribution in [0.2, 0.25) is 0 Å². The Labute approximate surface area is 739 Å². The van der Waals surface area contributed by atoms with Gasteiger partial charge in [-0.05, 0) is 267 Å². The number of nitrogens with zero attached hydrogens (tertiary/aromatic N) is 4. The van der Waals surface area contributed by atoms with Gasteiger partial charge < -0.3 is 43.3 Å². The molecule has 0 aliphatic carbocycles. The Bertz CT molecular complexity index is 5980.